The van der Waals surface area contributed by atoms with Crippen LogP contribution in [-0.2, 0) is 13.1 Å². The summed E-state index contributed by atoms with van der Waals surface area (Å²) in [6.07, 6.45) is 6.55. The lowest BCUT2D eigenvalue weighted by Crippen LogP contribution is -2.37. The van der Waals surface area contributed by atoms with E-state index in [1.807, 2.05) is 54.6 Å². The Labute approximate surface area is 307 Å². The zero-order valence-electron chi connectivity index (χ0n) is 31.3. The molecule has 6 rings (SSSR count). The number of fused-ring (bicyclic) bond motifs is 1. The van der Waals surface area contributed by atoms with Gasteiger partial charge >= 0.3 is 6.01 Å². The Bertz CT molecular complexity index is 1840. The van der Waals surface area contributed by atoms with Gasteiger partial charge in [0.25, 0.3) is 0 Å². The van der Waals surface area contributed by atoms with E-state index in [1.165, 1.54) is 0 Å². The van der Waals surface area contributed by atoms with Gasteiger partial charge in [0.15, 0.2) is 11.5 Å². The van der Waals surface area contributed by atoms with Gasteiger partial charge in [0.2, 0.25) is 0 Å². The SMILES string of the molecule is CCCCOc1nc(N(Cc2ccc(OC)cc2)Cc2ccc(OC)cc2)c2ncc(C(O)c3cnc(N4CCC(CN(C)C)CC4)c(C)c3)n2n1. The molecular weight excluding hydrogens is 656 g/mol. The number of aliphatic hydroxyl groups excluding tert-OH is 1. The van der Waals surface area contributed by atoms with Gasteiger partial charge < -0.3 is 34.0 Å². The maximum absolute atomic E-state index is 11.9. The van der Waals surface area contributed by atoms with Crippen molar-refractivity contribution in [2.75, 3.05) is 64.4 Å². The second kappa shape index (κ2) is 17.1. The predicted octanol–water partition coefficient (Wildman–Crippen LogP) is 6.09. The summed E-state index contributed by atoms with van der Waals surface area (Å²) in [6, 6.07) is 18.2. The maximum Gasteiger partial charge on any atom is 0.336 e. The summed E-state index contributed by atoms with van der Waals surface area (Å²) in [5.41, 5.74) is 4.85. The molecule has 1 aliphatic rings. The molecule has 2 aromatic carbocycles. The van der Waals surface area contributed by atoms with Crippen LogP contribution in [0.25, 0.3) is 5.65 Å². The Morgan fingerprint density at radius 3 is 2.10 bits per heavy atom. The fraction of sp³-hybridized carbons (Fsp3) is 0.450. The van der Waals surface area contributed by atoms with Crippen molar-refractivity contribution in [2.45, 2.75) is 58.7 Å². The third kappa shape index (κ3) is 8.74. The number of ether oxygens (including phenoxy) is 3. The molecule has 1 atom stereocenters. The Morgan fingerprint density at radius 1 is 0.904 bits per heavy atom. The van der Waals surface area contributed by atoms with E-state index < -0.39 is 6.10 Å². The first-order valence-corrected chi connectivity index (χ1v) is 18.2. The quantitative estimate of drug-likeness (QED) is 0.120. The molecule has 12 nitrogen and oxygen atoms in total. The van der Waals surface area contributed by atoms with Crippen LogP contribution in [-0.4, -0.2) is 89.1 Å². The van der Waals surface area contributed by atoms with Crippen molar-refractivity contribution in [2.24, 2.45) is 5.92 Å². The van der Waals surface area contributed by atoms with Crippen LogP contribution in [0, 0.1) is 12.8 Å². The van der Waals surface area contributed by atoms with Gasteiger partial charge in [-0.05, 0) is 93.2 Å². The van der Waals surface area contributed by atoms with Gasteiger partial charge in [-0.15, -0.1) is 5.10 Å². The molecule has 1 fully saturated rings. The number of hydrogen-bond acceptors (Lipinski definition) is 11. The summed E-state index contributed by atoms with van der Waals surface area (Å²) in [4.78, 5) is 21.4. The highest BCUT2D eigenvalue weighted by Gasteiger charge is 2.26. The average Bonchev–Trinajstić information content (AvgIpc) is 3.59. The van der Waals surface area contributed by atoms with Crippen LogP contribution in [0.1, 0.15) is 66.7 Å². The summed E-state index contributed by atoms with van der Waals surface area (Å²) < 4.78 is 18.6. The molecular formula is C40H52N8O4. The molecule has 12 heteroatoms. The Kier molecular flexibility index (Phi) is 12.1. The number of benzene rings is 2. The molecule has 52 heavy (non-hydrogen) atoms. The van der Waals surface area contributed by atoms with Crippen LogP contribution < -0.4 is 24.0 Å². The number of piperidine rings is 1. The van der Waals surface area contributed by atoms with Gasteiger partial charge in [-0.3, -0.25) is 0 Å². The highest BCUT2D eigenvalue weighted by Crippen LogP contribution is 2.32. The smallest absolute Gasteiger partial charge is 0.336 e. The van der Waals surface area contributed by atoms with Crippen LogP contribution in [0.15, 0.2) is 67.0 Å². The third-order valence-electron chi connectivity index (χ3n) is 9.65. The Morgan fingerprint density at radius 2 is 1.54 bits per heavy atom. The summed E-state index contributed by atoms with van der Waals surface area (Å²) in [5, 5.41) is 16.6. The first-order chi connectivity index (χ1) is 25.3. The zero-order valence-corrected chi connectivity index (χ0v) is 31.3. The Balaban J connectivity index is 1.34. The van der Waals surface area contributed by atoms with Gasteiger partial charge in [0.05, 0.1) is 32.7 Å². The molecule has 4 heterocycles. The average molecular weight is 709 g/mol. The fourth-order valence-electron chi connectivity index (χ4n) is 6.83. The minimum atomic E-state index is -1.02. The number of unbranched alkanes of at least 4 members (excludes halogenated alkanes) is 1. The van der Waals surface area contributed by atoms with Crippen molar-refractivity contribution in [3.8, 4) is 17.5 Å². The first-order valence-electron chi connectivity index (χ1n) is 18.2. The molecule has 276 valence electrons. The largest absolute Gasteiger partial charge is 0.497 e. The lowest BCUT2D eigenvalue weighted by atomic mass is 9.96. The highest BCUT2D eigenvalue weighted by atomic mass is 16.5. The van der Waals surface area contributed by atoms with E-state index in [-0.39, 0.29) is 6.01 Å². The van der Waals surface area contributed by atoms with Crippen molar-refractivity contribution in [3.05, 3.63) is 94.9 Å². The molecule has 3 aromatic heterocycles. The van der Waals surface area contributed by atoms with Crippen LogP contribution in [0.5, 0.6) is 17.5 Å². The number of hydrogen-bond donors (Lipinski definition) is 1. The summed E-state index contributed by atoms with van der Waals surface area (Å²) in [6.45, 7) is 8.77. The summed E-state index contributed by atoms with van der Waals surface area (Å²) >= 11 is 0. The number of aryl methyl sites for hydroxylation is 1. The number of rotatable bonds is 16. The second-order valence-corrected chi connectivity index (χ2v) is 13.9. The van der Waals surface area contributed by atoms with E-state index in [1.54, 1.807) is 31.1 Å². The molecule has 5 aromatic rings. The topological polar surface area (TPSA) is 114 Å². The first kappa shape index (κ1) is 36.8. The van der Waals surface area contributed by atoms with Crippen molar-refractivity contribution in [1.82, 2.24) is 29.5 Å². The van der Waals surface area contributed by atoms with Crippen molar-refractivity contribution in [3.63, 3.8) is 0 Å². The summed E-state index contributed by atoms with van der Waals surface area (Å²) in [5.74, 6) is 3.84. The second-order valence-electron chi connectivity index (χ2n) is 13.9. The molecule has 1 N–H and O–H groups in total. The lowest BCUT2D eigenvalue weighted by molar-refractivity contribution is 0.211. The summed E-state index contributed by atoms with van der Waals surface area (Å²) in [7, 11) is 7.60. The number of imidazole rings is 1. The van der Waals surface area contributed by atoms with Crippen molar-refractivity contribution >= 4 is 17.3 Å². The monoisotopic (exact) mass is 708 g/mol. The Hall–Kier alpha value is -4.94. The number of aliphatic hydroxyl groups is 1. The van der Waals surface area contributed by atoms with Crippen molar-refractivity contribution in [1.29, 1.82) is 0 Å². The third-order valence-corrected chi connectivity index (χ3v) is 9.65. The van der Waals surface area contributed by atoms with Crippen LogP contribution >= 0.6 is 0 Å². The number of anilines is 2. The minimum absolute atomic E-state index is 0.221. The fourth-order valence-corrected chi connectivity index (χ4v) is 6.83. The minimum Gasteiger partial charge on any atom is -0.497 e. The molecule has 0 bridgehead atoms. The highest BCUT2D eigenvalue weighted by molar-refractivity contribution is 5.65. The van der Waals surface area contributed by atoms with Crippen LogP contribution in [0.4, 0.5) is 11.6 Å². The number of aromatic nitrogens is 5. The van der Waals surface area contributed by atoms with Gasteiger partial charge in [-0.1, -0.05) is 37.6 Å². The number of nitrogens with zero attached hydrogens (tertiary/aromatic N) is 8. The standard InChI is InChI=1S/C40H52N8O4/c1-7-8-21-52-40-43-39(47(26-29-9-13-33(50-5)14-10-29)27-30-11-15-34(51-6)16-12-30)38-42-24-35(48(38)44-40)36(49)32-22-28(2)37(41-23-32)46-19-17-31(18-20-46)25-45(3)4/h9-16,22-24,31,36,49H,7-8,17-21,25-27H2,1-6H3. The lowest BCUT2D eigenvalue weighted by Gasteiger charge is -2.34. The van der Waals surface area contributed by atoms with E-state index in [0.29, 0.717) is 48.3 Å². The van der Waals surface area contributed by atoms with Gasteiger partial charge in [0, 0.05) is 44.5 Å². The maximum atomic E-state index is 11.9. The molecule has 0 aliphatic carbocycles. The molecule has 1 unspecified atom stereocenters. The van der Waals surface area contributed by atoms with Crippen molar-refractivity contribution < 1.29 is 19.3 Å². The molecule has 1 aliphatic heterocycles. The van der Waals surface area contributed by atoms with E-state index in [0.717, 1.165) is 79.3 Å². The van der Waals surface area contributed by atoms with Gasteiger partial charge in [-0.2, -0.15) is 4.98 Å². The van der Waals surface area contributed by atoms with E-state index >= 15 is 0 Å². The van der Waals surface area contributed by atoms with Gasteiger partial charge in [0.1, 0.15) is 23.4 Å². The molecule has 0 spiro atoms. The predicted molar refractivity (Wildman–Crippen MR) is 204 cm³/mol. The number of methoxy groups -OCH3 is 2. The van der Waals surface area contributed by atoms with Gasteiger partial charge in [-0.25, -0.2) is 14.5 Å². The zero-order chi connectivity index (χ0) is 36.6. The van der Waals surface area contributed by atoms with E-state index in [4.69, 9.17) is 34.3 Å². The van der Waals surface area contributed by atoms with Crippen LogP contribution in [0.3, 0.4) is 0 Å². The molecule has 0 radical (unpaired) electrons. The molecule has 0 amide bonds. The van der Waals surface area contributed by atoms with E-state index in [9.17, 15) is 5.11 Å². The molecule has 0 saturated carbocycles. The van der Waals surface area contributed by atoms with E-state index in [2.05, 4.69) is 42.6 Å². The normalized spacial score (nSPS) is 14.2. The molecule has 1 saturated heterocycles. The number of pyridine rings is 1. The van der Waals surface area contributed by atoms with Crippen LogP contribution in [0.2, 0.25) is 0 Å².